The second-order valence-corrected chi connectivity index (χ2v) is 5.09. The molecular formula is C15H22N2O4. The van der Waals surface area contributed by atoms with Crippen LogP contribution in [0, 0.1) is 16.0 Å². The maximum absolute atomic E-state index is 11.1. The Morgan fingerprint density at radius 3 is 2.67 bits per heavy atom. The Kier molecular flexibility index (Phi) is 6.65. The van der Waals surface area contributed by atoms with Gasteiger partial charge in [0.2, 0.25) is 0 Å². The maximum Gasteiger partial charge on any atom is 0.335 e. The van der Waals surface area contributed by atoms with E-state index in [0.717, 1.165) is 31.7 Å². The van der Waals surface area contributed by atoms with E-state index in [9.17, 15) is 14.9 Å². The number of nitrogens with zero attached hydrogens (tertiary/aromatic N) is 1. The number of carboxylic acid groups (broad SMARTS) is 1. The third-order valence-corrected chi connectivity index (χ3v) is 3.57. The lowest BCUT2D eigenvalue weighted by atomic mass is 9.99. The number of nitro groups is 1. The van der Waals surface area contributed by atoms with E-state index in [0.29, 0.717) is 18.2 Å². The summed E-state index contributed by atoms with van der Waals surface area (Å²) in [6.45, 7) is 4.89. The van der Waals surface area contributed by atoms with Crippen molar-refractivity contribution in [2.24, 2.45) is 5.92 Å². The summed E-state index contributed by atoms with van der Waals surface area (Å²) >= 11 is 0. The van der Waals surface area contributed by atoms with Gasteiger partial charge in [0.25, 0.3) is 5.69 Å². The zero-order chi connectivity index (χ0) is 15.8. The van der Waals surface area contributed by atoms with Crippen molar-refractivity contribution in [2.75, 3.05) is 11.9 Å². The zero-order valence-corrected chi connectivity index (χ0v) is 12.5. The molecule has 2 N–H and O–H groups in total. The van der Waals surface area contributed by atoms with Crippen LogP contribution in [0.5, 0.6) is 0 Å². The first-order valence-electron chi connectivity index (χ1n) is 7.25. The van der Waals surface area contributed by atoms with Crippen LogP contribution in [0.2, 0.25) is 0 Å². The Labute approximate surface area is 124 Å². The lowest BCUT2D eigenvalue weighted by Gasteiger charge is -2.16. The molecule has 6 heteroatoms. The molecule has 1 aromatic carbocycles. The van der Waals surface area contributed by atoms with Gasteiger partial charge >= 0.3 is 5.97 Å². The largest absolute Gasteiger partial charge is 0.478 e. The minimum Gasteiger partial charge on any atom is -0.478 e. The van der Waals surface area contributed by atoms with E-state index >= 15 is 0 Å². The quantitative estimate of drug-likeness (QED) is 0.532. The van der Waals surface area contributed by atoms with E-state index < -0.39 is 10.9 Å². The molecule has 21 heavy (non-hydrogen) atoms. The van der Waals surface area contributed by atoms with Gasteiger partial charge in [-0.2, -0.15) is 0 Å². The fraction of sp³-hybridized carbons (Fsp3) is 0.533. The summed E-state index contributed by atoms with van der Waals surface area (Å²) < 4.78 is 0. The number of carboxylic acids is 1. The van der Waals surface area contributed by atoms with E-state index in [1.54, 1.807) is 0 Å². The van der Waals surface area contributed by atoms with Crippen LogP contribution in [0.4, 0.5) is 11.4 Å². The van der Waals surface area contributed by atoms with E-state index in [4.69, 9.17) is 5.11 Å². The monoisotopic (exact) mass is 294 g/mol. The highest BCUT2D eigenvalue weighted by molar-refractivity contribution is 5.89. The summed E-state index contributed by atoms with van der Waals surface area (Å²) in [5.74, 6) is -0.706. The van der Waals surface area contributed by atoms with Crippen molar-refractivity contribution in [1.82, 2.24) is 0 Å². The first-order chi connectivity index (χ1) is 9.99. The topological polar surface area (TPSA) is 92.5 Å². The molecule has 0 aliphatic heterocycles. The number of hydrogen-bond acceptors (Lipinski definition) is 4. The molecule has 0 fully saturated rings. The van der Waals surface area contributed by atoms with Gasteiger partial charge in [-0.25, -0.2) is 4.79 Å². The molecule has 0 saturated carbocycles. The summed E-state index contributed by atoms with van der Waals surface area (Å²) in [4.78, 5) is 21.4. The van der Waals surface area contributed by atoms with Crippen LogP contribution in [0.15, 0.2) is 18.2 Å². The van der Waals surface area contributed by atoms with Crippen LogP contribution in [0.3, 0.4) is 0 Å². The first-order valence-corrected chi connectivity index (χ1v) is 7.25. The molecule has 0 bridgehead atoms. The number of carbonyl (C=O) groups is 1. The lowest BCUT2D eigenvalue weighted by Crippen LogP contribution is -2.14. The minimum atomic E-state index is -1.17. The summed E-state index contributed by atoms with van der Waals surface area (Å²) in [5.41, 5.74) is 0.102. The van der Waals surface area contributed by atoms with Gasteiger partial charge in [0.15, 0.2) is 0 Å². The molecule has 6 nitrogen and oxygen atoms in total. The standard InChI is InChI=1S/C15H22N2O4/c1-3-5-6-11(4-2)10-16-13-8-7-12(15(18)19)9-14(13)17(20)21/h7-9,11,16H,3-6,10H2,1-2H3,(H,18,19). The molecular weight excluding hydrogens is 272 g/mol. The number of benzene rings is 1. The number of rotatable bonds is 9. The van der Waals surface area contributed by atoms with E-state index in [1.165, 1.54) is 12.1 Å². The number of anilines is 1. The normalized spacial score (nSPS) is 11.9. The van der Waals surface area contributed by atoms with Crippen molar-refractivity contribution in [3.8, 4) is 0 Å². The SMILES string of the molecule is CCCCC(CC)CNc1ccc(C(=O)O)cc1[N+](=O)[O-]. The van der Waals surface area contributed by atoms with E-state index in [2.05, 4.69) is 19.2 Å². The number of hydrogen-bond donors (Lipinski definition) is 2. The van der Waals surface area contributed by atoms with Crippen molar-refractivity contribution < 1.29 is 14.8 Å². The predicted molar refractivity (Wildman–Crippen MR) is 81.9 cm³/mol. The zero-order valence-electron chi connectivity index (χ0n) is 12.5. The number of unbranched alkanes of at least 4 members (excludes halogenated alkanes) is 1. The Morgan fingerprint density at radius 2 is 2.14 bits per heavy atom. The highest BCUT2D eigenvalue weighted by Gasteiger charge is 2.17. The molecule has 0 aromatic heterocycles. The van der Waals surface area contributed by atoms with Crippen LogP contribution >= 0.6 is 0 Å². The smallest absolute Gasteiger partial charge is 0.335 e. The van der Waals surface area contributed by atoms with Crippen molar-refractivity contribution >= 4 is 17.3 Å². The van der Waals surface area contributed by atoms with Gasteiger partial charge in [0.05, 0.1) is 10.5 Å². The second-order valence-electron chi connectivity index (χ2n) is 5.09. The molecule has 1 unspecified atom stereocenters. The van der Waals surface area contributed by atoms with Crippen molar-refractivity contribution in [3.63, 3.8) is 0 Å². The van der Waals surface area contributed by atoms with Crippen molar-refractivity contribution in [1.29, 1.82) is 0 Å². The molecule has 116 valence electrons. The Balaban J connectivity index is 2.82. The molecule has 0 radical (unpaired) electrons. The van der Waals surface area contributed by atoms with Crippen LogP contribution in [-0.4, -0.2) is 22.5 Å². The number of nitro benzene ring substituents is 1. The third kappa shape index (κ3) is 5.06. The first kappa shape index (κ1) is 16.9. The number of aromatic carboxylic acids is 1. The molecule has 0 heterocycles. The molecule has 1 atom stereocenters. The average molecular weight is 294 g/mol. The van der Waals surface area contributed by atoms with Gasteiger partial charge < -0.3 is 10.4 Å². The maximum atomic E-state index is 11.1. The van der Waals surface area contributed by atoms with Gasteiger partial charge in [-0.3, -0.25) is 10.1 Å². The van der Waals surface area contributed by atoms with Gasteiger partial charge in [-0.1, -0.05) is 33.1 Å². The summed E-state index contributed by atoms with van der Waals surface area (Å²) in [7, 11) is 0. The molecule has 0 saturated heterocycles. The van der Waals surface area contributed by atoms with Gasteiger partial charge in [-0.15, -0.1) is 0 Å². The molecule has 0 amide bonds. The second kappa shape index (κ2) is 8.24. The Bertz CT molecular complexity index is 502. The number of nitrogens with one attached hydrogen (secondary N) is 1. The molecule has 1 rings (SSSR count). The summed E-state index contributed by atoms with van der Waals surface area (Å²) in [6.07, 6.45) is 4.36. The fourth-order valence-corrected chi connectivity index (χ4v) is 2.16. The van der Waals surface area contributed by atoms with Crippen LogP contribution in [-0.2, 0) is 0 Å². The van der Waals surface area contributed by atoms with E-state index in [-0.39, 0.29) is 11.3 Å². The molecule has 0 aliphatic carbocycles. The minimum absolute atomic E-state index is 0.0784. The van der Waals surface area contributed by atoms with Crippen LogP contribution in [0.1, 0.15) is 49.9 Å². The van der Waals surface area contributed by atoms with Crippen molar-refractivity contribution in [3.05, 3.63) is 33.9 Å². The lowest BCUT2D eigenvalue weighted by molar-refractivity contribution is -0.384. The van der Waals surface area contributed by atoms with Gasteiger partial charge in [0, 0.05) is 12.6 Å². The Morgan fingerprint density at radius 1 is 1.43 bits per heavy atom. The Hall–Kier alpha value is -2.11. The van der Waals surface area contributed by atoms with Gasteiger partial charge in [-0.05, 0) is 24.5 Å². The molecule has 0 aliphatic rings. The van der Waals surface area contributed by atoms with Crippen LogP contribution in [0.25, 0.3) is 0 Å². The molecule has 1 aromatic rings. The van der Waals surface area contributed by atoms with Crippen molar-refractivity contribution in [2.45, 2.75) is 39.5 Å². The van der Waals surface area contributed by atoms with Crippen LogP contribution < -0.4 is 5.32 Å². The fourth-order valence-electron chi connectivity index (χ4n) is 2.16. The summed E-state index contributed by atoms with van der Waals surface area (Å²) in [6, 6.07) is 3.94. The third-order valence-electron chi connectivity index (χ3n) is 3.57. The van der Waals surface area contributed by atoms with Gasteiger partial charge in [0.1, 0.15) is 5.69 Å². The summed E-state index contributed by atoms with van der Waals surface area (Å²) in [5, 5.41) is 23.0. The predicted octanol–water partition coefficient (Wildman–Crippen LogP) is 3.92. The average Bonchev–Trinajstić information content (AvgIpc) is 2.47. The molecule has 0 spiro atoms. The highest BCUT2D eigenvalue weighted by atomic mass is 16.6. The van der Waals surface area contributed by atoms with E-state index in [1.807, 2.05) is 0 Å². The highest BCUT2D eigenvalue weighted by Crippen LogP contribution is 2.26.